The second-order valence-corrected chi connectivity index (χ2v) is 6.09. The second-order valence-electron chi connectivity index (χ2n) is 5.68. The Hall–Kier alpha value is -2.51. The number of nitrogens with zero attached hydrogens (tertiary/aromatic N) is 2. The average Bonchev–Trinajstić information content (AvgIpc) is 2.69. The largest absolute Gasteiger partial charge is 0.495 e. The van der Waals surface area contributed by atoms with Crippen molar-refractivity contribution in [3.05, 3.63) is 41.2 Å². The van der Waals surface area contributed by atoms with Crippen LogP contribution in [0.3, 0.4) is 0 Å². The maximum atomic E-state index is 12.6. The van der Waals surface area contributed by atoms with Crippen LogP contribution in [0.25, 0.3) is 0 Å². The lowest BCUT2D eigenvalue weighted by atomic mass is 10.2. The Balaban J connectivity index is 1.84. The predicted molar refractivity (Wildman–Crippen MR) is 98.8 cm³/mol. The maximum Gasteiger partial charge on any atom is 0.255 e. The van der Waals surface area contributed by atoms with E-state index in [0.717, 1.165) is 0 Å². The highest BCUT2D eigenvalue weighted by atomic mass is 35.5. The topological polar surface area (TPSA) is 72.9 Å². The molecule has 1 N–H and O–H groups in total. The highest BCUT2D eigenvalue weighted by molar-refractivity contribution is 6.32. The molecule has 1 aliphatic rings. The van der Waals surface area contributed by atoms with Crippen LogP contribution in [0.2, 0.25) is 5.02 Å². The molecule has 3 rings (SSSR count). The number of carbonyl (C=O) groups is 1. The lowest BCUT2D eigenvalue weighted by Crippen LogP contribution is -2.40. The summed E-state index contributed by atoms with van der Waals surface area (Å²) in [6, 6.07) is 5.15. The summed E-state index contributed by atoms with van der Waals surface area (Å²) in [5, 5.41) is 3.65. The van der Waals surface area contributed by atoms with Gasteiger partial charge in [-0.3, -0.25) is 9.78 Å². The van der Waals surface area contributed by atoms with Crippen LogP contribution in [0, 0.1) is 0 Å². The van der Waals surface area contributed by atoms with Gasteiger partial charge < -0.3 is 24.4 Å². The molecule has 1 aliphatic heterocycles. The first-order valence-corrected chi connectivity index (χ1v) is 8.51. The molecule has 2 aromatic rings. The average molecular weight is 378 g/mol. The maximum absolute atomic E-state index is 12.6. The molecular formula is C18H20ClN3O4. The summed E-state index contributed by atoms with van der Waals surface area (Å²) in [7, 11) is 3.10. The van der Waals surface area contributed by atoms with Gasteiger partial charge in [0.1, 0.15) is 11.5 Å². The molecule has 1 saturated heterocycles. The van der Waals surface area contributed by atoms with Crippen molar-refractivity contribution >= 4 is 28.9 Å². The molecule has 0 saturated carbocycles. The Kier molecular flexibility index (Phi) is 5.80. The molecule has 0 bridgehead atoms. The van der Waals surface area contributed by atoms with Crippen LogP contribution in [0.5, 0.6) is 11.5 Å². The van der Waals surface area contributed by atoms with Gasteiger partial charge in [0.2, 0.25) is 0 Å². The summed E-state index contributed by atoms with van der Waals surface area (Å²) >= 11 is 6.13. The van der Waals surface area contributed by atoms with Crippen LogP contribution in [0.4, 0.5) is 11.4 Å². The zero-order chi connectivity index (χ0) is 18.5. The number of hydrogen-bond donors (Lipinski definition) is 1. The quantitative estimate of drug-likeness (QED) is 0.863. The summed E-state index contributed by atoms with van der Waals surface area (Å²) in [4.78, 5) is 18.5. The van der Waals surface area contributed by atoms with Crippen molar-refractivity contribution in [3.8, 4) is 11.5 Å². The van der Waals surface area contributed by atoms with Crippen molar-refractivity contribution in [2.45, 2.75) is 0 Å². The number of methoxy groups -OCH3 is 2. The number of nitrogens with one attached hydrogen (secondary N) is 1. The lowest BCUT2D eigenvalue weighted by molar-refractivity contribution is 0.0302. The number of anilines is 2. The summed E-state index contributed by atoms with van der Waals surface area (Å²) in [6.45, 7) is 2.27. The molecule has 0 atom stereocenters. The van der Waals surface area contributed by atoms with Gasteiger partial charge in [-0.2, -0.15) is 0 Å². The molecule has 0 spiro atoms. The number of carbonyl (C=O) groups excluding carboxylic acids is 1. The molecular weight excluding hydrogens is 358 g/mol. The highest BCUT2D eigenvalue weighted by Crippen LogP contribution is 2.37. The third-order valence-electron chi connectivity index (χ3n) is 4.04. The summed E-state index contributed by atoms with van der Waals surface area (Å²) in [6.07, 6.45) is 3.19. The lowest BCUT2D eigenvalue weighted by Gasteiger charge is -2.26. The molecule has 1 aromatic carbocycles. The van der Waals surface area contributed by atoms with Gasteiger partial charge in [0.05, 0.1) is 55.6 Å². The summed E-state index contributed by atoms with van der Waals surface area (Å²) < 4.78 is 15.9. The first-order valence-electron chi connectivity index (χ1n) is 8.13. The highest BCUT2D eigenvalue weighted by Gasteiger charge is 2.19. The summed E-state index contributed by atoms with van der Waals surface area (Å²) in [5.41, 5.74) is 1.83. The van der Waals surface area contributed by atoms with E-state index in [-0.39, 0.29) is 5.91 Å². The Bertz CT molecular complexity index is 794. The SMILES string of the molecule is COc1cc(Nc2cncc(C(=O)N3CCOCC3)c2)c(OC)cc1Cl. The van der Waals surface area contributed by atoms with E-state index >= 15 is 0 Å². The zero-order valence-corrected chi connectivity index (χ0v) is 15.4. The number of aromatic nitrogens is 1. The van der Waals surface area contributed by atoms with E-state index in [1.54, 1.807) is 49.7 Å². The molecule has 0 radical (unpaired) electrons. The van der Waals surface area contributed by atoms with Gasteiger partial charge in [-0.25, -0.2) is 0 Å². The number of rotatable bonds is 5. The Morgan fingerprint density at radius 1 is 1.15 bits per heavy atom. The minimum Gasteiger partial charge on any atom is -0.495 e. The Morgan fingerprint density at radius 2 is 1.88 bits per heavy atom. The fourth-order valence-corrected chi connectivity index (χ4v) is 2.92. The van der Waals surface area contributed by atoms with E-state index in [9.17, 15) is 4.79 Å². The van der Waals surface area contributed by atoms with Gasteiger partial charge in [0, 0.05) is 31.4 Å². The minimum atomic E-state index is -0.0647. The van der Waals surface area contributed by atoms with Crippen molar-refractivity contribution < 1.29 is 19.0 Å². The van der Waals surface area contributed by atoms with Gasteiger partial charge in [0.25, 0.3) is 5.91 Å². The van der Waals surface area contributed by atoms with Crippen molar-refractivity contribution in [1.82, 2.24) is 9.88 Å². The standard InChI is InChI=1S/C18H20ClN3O4/c1-24-16-9-15(17(25-2)8-14(16)19)21-13-7-12(10-20-11-13)18(23)22-3-5-26-6-4-22/h7-11,21H,3-6H2,1-2H3. The van der Waals surface area contributed by atoms with E-state index in [1.165, 1.54) is 0 Å². The van der Waals surface area contributed by atoms with Gasteiger partial charge >= 0.3 is 0 Å². The van der Waals surface area contributed by atoms with Crippen LogP contribution in [-0.2, 0) is 4.74 Å². The van der Waals surface area contributed by atoms with Crippen molar-refractivity contribution in [2.24, 2.45) is 0 Å². The molecule has 7 nitrogen and oxygen atoms in total. The number of ether oxygens (including phenoxy) is 3. The molecule has 138 valence electrons. The predicted octanol–water partition coefficient (Wildman–Crippen LogP) is 2.97. The first-order chi connectivity index (χ1) is 12.6. The number of benzene rings is 1. The van der Waals surface area contributed by atoms with E-state index in [1.807, 2.05) is 0 Å². The number of pyridine rings is 1. The van der Waals surface area contributed by atoms with E-state index in [0.29, 0.717) is 59.8 Å². The molecule has 0 aliphatic carbocycles. The molecule has 26 heavy (non-hydrogen) atoms. The zero-order valence-electron chi connectivity index (χ0n) is 14.6. The number of hydrogen-bond acceptors (Lipinski definition) is 6. The van der Waals surface area contributed by atoms with Crippen molar-refractivity contribution in [3.63, 3.8) is 0 Å². The fourth-order valence-electron chi connectivity index (χ4n) is 2.69. The van der Waals surface area contributed by atoms with Crippen LogP contribution in [0.1, 0.15) is 10.4 Å². The molecule has 1 amide bonds. The number of halogens is 1. The minimum absolute atomic E-state index is 0.0647. The van der Waals surface area contributed by atoms with Gasteiger partial charge in [-0.15, -0.1) is 0 Å². The summed E-state index contributed by atoms with van der Waals surface area (Å²) in [5.74, 6) is 1.01. The molecule has 0 unspecified atom stereocenters. The first kappa shape index (κ1) is 18.3. The van der Waals surface area contributed by atoms with Gasteiger partial charge in [-0.05, 0) is 6.07 Å². The molecule has 1 fully saturated rings. The van der Waals surface area contributed by atoms with E-state index in [2.05, 4.69) is 10.3 Å². The van der Waals surface area contributed by atoms with Gasteiger partial charge in [0.15, 0.2) is 0 Å². The van der Waals surface area contributed by atoms with E-state index < -0.39 is 0 Å². The van der Waals surface area contributed by atoms with Crippen LogP contribution < -0.4 is 14.8 Å². The Labute approximate surface area is 156 Å². The molecule has 1 aromatic heterocycles. The smallest absolute Gasteiger partial charge is 0.255 e. The van der Waals surface area contributed by atoms with Crippen LogP contribution in [-0.4, -0.2) is 56.3 Å². The van der Waals surface area contributed by atoms with Crippen LogP contribution >= 0.6 is 11.6 Å². The third-order valence-corrected chi connectivity index (χ3v) is 4.33. The van der Waals surface area contributed by atoms with Crippen LogP contribution in [0.15, 0.2) is 30.6 Å². The van der Waals surface area contributed by atoms with Gasteiger partial charge in [-0.1, -0.05) is 11.6 Å². The monoisotopic (exact) mass is 377 g/mol. The second kappa shape index (κ2) is 8.25. The number of amides is 1. The molecule has 2 heterocycles. The van der Waals surface area contributed by atoms with Crippen molar-refractivity contribution in [1.29, 1.82) is 0 Å². The van der Waals surface area contributed by atoms with Crippen molar-refractivity contribution in [2.75, 3.05) is 45.8 Å². The third kappa shape index (κ3) is 4.00. The normalized spacial score (nSPS) is 14.0. The number of morpholine rings is 1. The van der Waals surface area contributed by atoms with E-state index in [4.69, 9.17) is 25.8 Å². The Morgan fingerprint density at radius 3 is 2.58 bits per heavy atom. The fraction of sp³-hybridized carbons (Fsp3) is 0.333. The molecule has 8 heteroatoms.